The molecule has 3 saturated heterocycles. The molecule has 3 aliphatic heterocycles. The molecule has 0 spiro atoms. The summed E-state index contributed by atoms with van der Waals surface area (Å²) in [5.41, 5.74) is 0.995. The Morgan fingerprint density at radius 3 is 2.41 bits per heavy atom. The molecule has 3 fully saturated rings. The predicted octanol–water partition coefficient (Wildman–Crippen LogP) is 4.55. The molecule has 3 aliphatic rings. The molecule has 0 amide bonds. The molecule has 1 N–H and O–H groups in total. The van der Waals surface area contributed by atoms with Gasteiger partial charge in [0.05, 0.1) is 26.7 Å². The summed E-state index contributed by atoms with van der Waals surface area (Å²) >= 11 is 3.41. The maximum absolute atomic E-state index is 12.5. The number of aliphatic hydroxyl groups is 1. The molecule has 2 bridgehead atoms. The molecule has 5 heteroatoms. The lowest BCUT2D eigenvalue weighted by Crippen LogP contribution is -2.67. The van der Waals surface area contributed by atoms with Crippen molar-refractivity contribution in [3.63, 3.8) is 0 Å². The van der Waals surface area contributed by atoms with E-state index in [-0.39, 0.29) is 5.78 Å². The minimum atomic E-state index is -0.779. The first-order chi connectivity index (χ1) is 13.9. The van der Waals surface area contributed by atoms with Crippen LogP contribution in [0.5, 0.6) is 5.75 Å². The van der Waals surface area contributed by atoms with Crippen molar-refractivity contribution in [2.45, 2.75) is 31.3 Å². The van der Waals surface area contributed by atoms with Crippen LogP contribution < -0.4 is 4.74 Å². The lowest BCUT2D eigenvalue weighted by atomic mass is 9.70. The van der Waals surface area contributed by atoms with Gasteiger partial charge in [0.25, 0.3) is 0 Å². The molecule has 0 saturated carbocycles. The van der Waals surface area contributed by atoms with Gasteiger partial charge in [-0.25, -0.2) is 0 Å². The smallest absolute Gasteiger partial charge is 0.163 e. The second kappa shape index (κ2) is 8.21. The van der Waals surface area contributed by atoms with Gasteiger partial charge in [0.15, 0.2) is 5.78 Å². The fourth-order valence-corrected chi connectivity index (χ4v) is 5.52. The lowest BCUT2D eigenvalue weighted by molar-refractivity contribution is -0.952. The third kappa shape index (κ3) is 4.14. The van der Waals surface area contributed by atoms with Gasteiger partial charge >= 0.3 is 0 Å². The molecular formula is C24H29BrNO3+. The zero-order valence-corrected chi connectivity index (χ0v) is 18.5. The van der Waals surface area contributed by atoms with Crippen molar-refractivity contribution in [3.8, 4) is 5.75 Å². The number of fused-ring (bicyclic) bond motifs is 3. The second-order valence-electron chi connectivity index (χ2n) is 8.63. The van der Waals surface area contributed by atoms with Crippen LogP contribution >= 0.6 is 15.9 Å². The van der Waals surface area contributed by atoms with Crippen LogP contribution in [0, 0.1) is 5.92 Å². The van der Waals surface area contributed by atoms with Gasteiger partial charge in [-0.2, -0.15) is 0 Å². The van der Waals surface area contributed by atoms with Crippen LogP contribution in [0.1, 0.15) is 41.6 Å². The first kappa shape index (κ1) is 20.6. The van der Waals surface area contributed by atoms with Crippen LogP contribution in [0.2, 0.25) is 0 Å². The summed E-state index contributed by atoms with van der Waals surface area (Å²) in [5, 5.41) is 11.6. The van der Waals surface area contributed by atoms with Gasteiger partial charge in [-0.05, 0) is 29.8 Å². The molecule has 0 aliphatic carbocycles. The number of halogens is 1. The van der Waals surface area contributed by atoms with Crippen molar-refractivity contribution in [2.24, 2.45) is 5.92 Å². The number of carbonyl (C=O) groups excluding carboxylic acids is 1. The van der Waals surface area contributed by atoms with Crippen LogP contribution in [0.15, 0.2) is 53.0 Å². The average molecular weight is 459 g/mol. The number of ketones is 1. The van der Waals surface area contributed by atoms with Crippen molar-refractivity contribution < 1.29 is 19.1 Å². The highest BCUT2D eigenvalue weighted by molar-refractivity contribution is 9.10. The number of carbonyl (C=O) groups is 1. The van der Waals surface area contributed by atoms with Gasteiger partial charge < -0.3 is 14.3 Å². The molecule has 3 heterocycles. The Labute approximate surface area is 181 Å². The third-order valence-corrected chi connectivity index (χ3v) is 7.48. The van der Waals surface area contributed by atoms with Gasteiger partial charge in [0.1, 0.15) is 17.9 Å². The number of nitrogens with zero attached hydrogens (tertiary/aromatic N) is 1. The highest BCUT2D eigenvalue weighted by Crippen LogP contribution is 2.46. The van der Waals surface area contributed by atoms with E-state index in [2.05, 4.69) is 15.9 Å². The summed E-state index contributed by atoms with van der Waals surface area (Å²) in [7, 11) is 1.66. The number of hydrogen-bond acceptors (Lipinski definition) is 3. The number of ether oxygens (including phenoxy) is 1. The maximum atomic E-state index is 12.5. The summed E-state index contributed by atoms with van der Waals surface area (Å²) in [5.74, 6) is 1.34. The quantitative estimate of drug-likeness (QED) is 0.488. The molecule has 0 aromatic heterocycles. The molecule has 154 valence electrons. The number of piperidine rings is 3. The number of quaternary nitrogens is 1. The summed E-state index contributed by atoms with van der Waals surface area (Å²) in [6.45, 7) is 3.91. The zero-order chi connectivity index (χ0) is 20.5. The Kier molecular flexibility index (Phi) is 5.83. The Hall–Kier alpha value is -1.69. The molecule has 2 aromatic rings. The molecular weight excluding hydrogens is 430 g/mol. The number of methoxy groups -OCH3 is 1. The first-order valence-corrected chi connectivity index (χ1v) is 11.2. The Balaban J connectivity index is 1.42. The van der Waals surface area contributed by atoms with Crippen molar-refractivity contribution in [1.82, 2.24) is 0 Å². The van der Waals surface area contributed by atoms with Crippen LogP contribution in [0.3, 0.4) is 0 Å². The van der Waals surface area contributed by atoms with Gasteiger partial charge in [-0.3, -0.25) is 4.79 Å². The van der Waals surface area contributed by atoms with Gasteiger partial charge in [0, 0.05) is 41.6 Å². The second-order valence-corrected chi connectivity index (χ2v) is 9.55. The minimum Gasteiger partial charge on any atom is -0.497 e. The largest absolute Gasteiger partial charge is 0.497 e. The van der Waals surface area contributed by atoms with Crippen LogP contribution in [-0.4, -0.2) is 48.7 Å². The van der Waals surface area contributed by atoms with E-state index in [4.69, 9.17) is 4.74 Å². The maximum Gasteiger partial charge on any atom is 0.163 e. The number of rotatable bonds is 7. The fraction of sp³-hybridized carbons (Fsp3) is 0.458. The van der Waals surface area contributed by atoms with Crippen molar-refractivity contribution in [3.05, 3.63) is 64.1 Å². The first-order valence-electron chi connectivity index (χ1n) is 10.4. The lowest BCUT2D eigenvalue weighted by Gasteiger charge is -2.56. The van der Waals surface area contributed by atoms with Gasteiger partial charge in [-0.1, -0.05) is 40.2 Å². The van der Waals surface area contributed by atoms with Crippen molar-refractivity contribution in [2.75, 3.05) is 33.3 Å². The summed E-state index contributed by atoms with van der Waals surface area (Å²) < 4.78 is 7.18. The van der Waals surface area contributed by atoms with E-state index in [9.17, 15) is 9.90 Å². The van der Waals surface area contributed by atoms with E-state index >= 15 is 0 Å². The van der Waals surface area contributed by atoms with E-state index in [0.717, 1.165) is 71.3 Å². The molecule has 4 nitrogen and oxygen atoms in total. The molecule has 5 rings (SSSR count). The Morgan fingerprint density at radius 1 is 1.14 bits per heavy atom. The Morgan fingerprint density at radius 2 is 1.79 bits per heavy atom. The van der Waals surface area contributed by atoms with E-state index in [0.29, 0.717) is 12.3 Å². The summed E-state index contributed by atoms with van der Waals surface area (Å²) in [4.78, 5) is 12.5. The van der Waals surface area contributed by atoms with E-state index in [1.165, 1.54) is 0 Å². The highest BCUT2D eigenvalue weighted by atomic mass is 79.9. The highest BCUT2D eigenvalue weighted by Gasteiger charge is 2.54. The zero-order valence-electron chi connectivity index (χ0n) is 16.9. The Bertz CT molecular complexity index is 857. The van der Waals surface area contributed by atoms with Crippen LogP contribution in [0.4, 0.5) is 0 Å². The molecule has 1 atom stereocenters. The van der Waals surface area contributed by atoms with Crippen molar-refractivity contribution in [1.29, 1.82) is 0 Å². The summed E-state index contributed by atoms with van der Waals surface area (Å²) in [6, 6.07) is 15.5. The summed E-state index contributed by atoms with van der Waals surface area (Å²) in [6.07, 6.45) is 3.51. The topological polar surface area (TPSA) is 46.5 Å². The monoisotopic (exact) mass is 458 g/mol. The molecule has 2 aromatic carbocycles. The third-order valence-electron chi connectivity index (χ3n) is 6.95. The van der Waals surface area contributed by atoms with E-state index in [1.807, 2.05) is 48.5 Å². The van der Waals surface area contributed by atoms with Crippen LogP contribution in [0.25, 0.3) is 0 Å². The number of benzene rings is 2. The molecule has 0 radical (unpaired) electrons. The predicted molar refractivity (Wildman–Crippen MR) is 117 cm³/mol. The van der Waals surface area contributed by atoms with E-state index in [1.54, 1.807) is 7.11 Å². The van der Waals surface area contributed by atoms with Crippen LogP contribution in [-0.2, 0) is 5.60 Å². The molecule has 1 unspecified atom stereocenters. The van der Waals surface area contributed by atoms with Gasteiger partial charge in [-0.15, -0.1) is 0 Å². The average Bonchev–Trinajstić information content (AvgIpc) is 2.74. The minimum absolute atomic E-state index is 0.202. The number of Topliss-reactive ketones (excluding diaryl/α,β-unsaturated/α-hetero) is 1. The fourth-order valence-electron chi connectivity index (χ4n) is 5.26. The standard InChI is InChI=1S/C24H29BrNO3/c1-29-22-10-6-19(7-11-22)24(28)17-26(15-12-20(24)13-16-26)14-2-3-23(27)18-4-8-21(25)9-5-18/h4-11,20,28H,2-3,12-17H2,1H3/q+1. The molecule has 29 heavy (non-hydrogen) atoms. The number of hydrogen-bond donors (Lipinski definition) is 1. The van der Waals surface area contributed by atoms with E-state index < -0.39 is 5.60 Å². The SMILES string of the molecule is COc1ccc(C2(O)C[N+]3(CCCC(=O)c4ccc(Br)cc4)CCC2CC3)cc1. The normalized spacial score (nSPS) is 28.3. The van der Waals surface area contributed by atoms with Gasteiger partial charge in [0.2, 0.25) is 0 Å². The van der Waals surface area contributed by atoms with Crippen molar-refractivity contribution >= 4 is 21.7 Å².